The summed E-state index contributed by atoms with van der Waals surface area (Å²) in [4.78, 5) is 3.97. The summed E-state index contributed by atoms with van der Waals surface area (Å²) in [6.07, 6.45) is 1.57. The van der Waals surface area contributed by atoms with Crippen LogP contribution in [0.4, 0.5) is 4.39 Å². The number of nitrogens with one attached hydrogen (secondary N) is 1. The second-order valence-corrected chi connectivity index (χ2v) is 5.53. The Balaban J connectivity index is 2.08. The molecule has 0 aliphatic carbocycles. The molecular formula is C17H21FN2O. The Kier molecular flexibility index (Phi) is 5.28. The molecule has 0 aliphatic heterocycles. The lowest BCUT2D eigenvalue weighted by molar-refractivity contribution is 0.416. The van der Waals surface area contributed by atoms with Crippen LogP contribution in [0, 0.1) is 18.7 Å². The smallest absolute Gasteiger partial charge is 0.256 e. The lowest BCUT2D eigenvalue weighted by atomic mass is 10.2. The van der Waals surface area contributed by atoms with E-state index in [1.807, 2.05) is 19.1 Å². The molecule has 4 heteroatoms. The SMILES string of the molecule is Cc1ccc(Oc2nccc(CNCC(C)C)c2F)cc1. The summed E-state index contributed by atoms with van der Waals surface area (Å²) >= 11 is 0. The number of halogens is 1. The van der Waals surface area contributed by atoms with Crippen molar-refractivity contribution in [2.75, 3.05) is 6.54 Å². The summed E-state index contributed by atoms with van der Waals surface area (Å²) in [6, 6.07) is 9.12. The topological polar surface area (TPSA) is 34.1 Å². The summed E-state index contributed by atoms with van der Waals surface area (Å²) in [6.45, 7) is 7.53. The number of hydrogen-bond donors (Lipinski definition) is 1. The van der Waals surface area contributed by atoms with Gasteiger partial charge in [-0.2, -0.15) is 0 Å². The summed E-state index contributed by atoms with van der Waals surface area (Å²) in [7, 11) is 0. The van der Waals surface area contributed by atoms with E-state index in [1.165, 1.54) is 0 Å². The van der Waals surface area contributed by atoms with Crippen LogP contribution in [0.5, 0.6) is 11.6 Å². The van der Waals surface area contributed by atoms with E-state index >= 15 is 0 Å². The van der Waals surface area contributed by atoms with E-state index in [9.17, 15) is 4.39 Å². The number of aromatic nitrogens is 1. The average Bonchev–Trinajstić information content (AvgIpc) is 2.45. The van der Waals surface area contributed by atoms with Gasteiger partial charge in [-0.1, -0.05) is 31.5 Å². The van der Waals surface area contributed by atoms with E-state index in [0.29, 0.717) is 23.8 Å². The number of hydrogen-bond acceptors (Lipinski definition) is 3. The number of aryl methyl sites for hydroxylation is 1. The molecule has 0 amide bonds. The predicted molar refractivity (Wildman–Crippen MR) is 82.0 cm³/mol. The van der Waals surface area contributed by atoms with Gasteiger partial charge in [0.25, 0.3) is 5.88 Å². The van der Waals surface area contributed by atoms with Gasteiger partial charge in [-0.25, -0.2) is 9.37 Å². The van der Waals surface area contributed by atoms with Gasteiger partial charge < -0.3 is 10.1 Å². The highest BCUT2D eigenvalue weighted by Gasteiger charge is 2.11. The first-order valence-electron chi connectivity index (χ1n) is 7.15. The van der Waals surface area contributed by atoms with E-state index < -0.39 is 5.82 Å². The molecule has 0 saturated heterocycles. The molecule has 1 aromatic heterocycles. The quantitative estimate of drug-likeness (QED) is 0.870. The lowest BCUT2D eigenvalue weighted by Crippen LogP contribution is -2.19. The molecule has 2 aromatic rings. The number of rotatable bonds is 6. The van der Waals surface area contributed by atoms with E-state index in [2.05, 4.69) is 24.1 Å². The minimum atomic E-state index is -0.408. The van der Waals surface area contributed by atoms with Crippen molar-refractivity contribution < 1.29 is 9.13 Å². The monoisotopic (exact) mass is 288 g/mol. The minimum Gasteiger partial charge on any atom is -0.436 e. The molecule has 0 unspecified atom stereocenters. The highest BCUT2D eigenvalue weighted by Crippen LogP contribution is 2.24. The summed E-state index contributed by atoms with van der Waals surface area (Å²) in [5.41, 5.74) is 1.69. The lowest BCUT2D eigenvalue weighted by Gasteiger charge is -2.11. The maximum atomic E-state index is 14.3. The molecule has 1 aromatic carbocycles. The molecule has 3 nitrogen and oxygen atoms in total. The van der Waals surface area contributed by atoms with Crippen molar-refractivity contribution in [3.8, 4) is 11.6 Å². The fourth-order valence-electron chi connectivity index (χ4n) is 1.88. The Labute approximate surface area is 125 Å². The van der Waals surface area contributed by atoms with Gasteiger partial charge in [-0.15, -0.1) is 0 Å². The van der Waals surface area contributed by atoms with Crippen LogP contribution in [0.25, 0.3) is 0 Å². The molecule has 1 heterocycles. The van der Waals surface area contributed by atoms with Crippen LogP contribution in [0.15, 0.2) is 36.5 Å². The molecule has 0 saturated carbocycles. The zero-order valence-electron chi connectivity index (χ0n) is 12.7. The summed E-state index contributed by atoms with van der Waals surface area (Å²) in [5, 5.41) is 3.22. The van der Waals surface area contributed by atoms with E-state index in [1.54, 1.807) is 24.4 Å². The number of pyridine rings is 1. The zero-order valence-corrected chi connectivity index (χ0v) is 12.7. The Morgan fingerprint density at radius 2 is 1.90 bits per heavy atom. The summed E-state index contributed by atoms with van der Waals surface area (Å²) in [5.74, 6) is 0.717. The zero-order chi connectivity index (χ0) is 15.2. The molecular weight excluding hydrogens is 267 g/mol. The molecule has 1 N–H and O–H groups in total. The van der Waals surface area contributed by atoms with Crippen molar-refractivity contribution in [1.29, 1.82) is 0 Å². The Bertz CT molecular complexity index is 582. The second-order valence-electron chi connectivity index (χ2n) is 5.53. The van der Waals surface area contributed by atoms with Gasteiger partial charge in [0.05, 0.1) is 0 Å². The van der Waals surface area contributed by atoms with Crippen molar-refractivity contribution >= 4 is 0 Å². The van der Waals surface area contributed by atoms with Crippen LogP contribution in [-0.4, -0.2) is 11.5 Å². The van der Waals surface area contributed by atoms with Crippen molar-refractivity contribution in [1.82, 2.24) is 10.3 Å². The second kappa shape index (κ2) is 7.18. The first kappa shape index (κ1) is 15.4. The average molecular weight is 288 g/mol. The maximum absolute atomic E-state index is 14.3. The number of nitrogens with zero attached hydrogens (tertiary/aromatic N) is 1. The fourth-order valence-corrected chi connectivity index (χ4v) is 1.88. The van der Waals surface area contributed by atoms with E-state index in [-0.39, 0.29) is 5.88 Å². The molecule has 0 aliphatic rings. The van der Waals surface area contributed by atoms with Crippen LogP contribution >= 0.6 is 0 Å². The van der Waals surface area contributed by atoms with Crippen molar-refractivity contribution in [2.45, 2.75) is 27.3 Å². The van der Waals surface area contributed by atoms with Crippen molar-refractivity contribution in [2.24, 2.45) is 5.92 Å². The van der Waals surface area contributed by atoms with Crippen molar-refractivity contribution in [3.63, 3.8) is 0 Å². The van der Waals surface area contributed by atoms with Crippen LogP contribution < -0.4 is 10.1 Å². The largest absolute Gasteiger partial charge is 0.436 e. The molecule has 2 rings (SSSR count). The highest BCUT2D eigenvalue weighted by molar-refractivity contribution is 5.32. The predicted octanol–water partition coefficient (Wildman–Crippen LogP) is 4.07. The standard InChI is InChI=1S/C17H21FN2O/c1-12(2)10-19-11-14-8-9-20-17(16(14)18)21-15-6-4-13(3)5-7-15/h4-9,12,19H,10-11H2,1-3H3. The highest BCUT2D eigenvalue weighted by atomic mass is 19.1. The van der Waals surface area contributed by atoms with Crippen LogP contribution in [0.2, 0.25) is 0 Å². The first-order chi connectivity index (χ1) is 10.1. The number of ether oxygens (including phenoxy) is 1. The van der Waals surface area contributed by atoms with Gasteiger partial charge in [0.1, 0.15) is 5.75 Å². The minimum absolute atomic E-state index is 0.0164. The van der Waals surface area contributed by atoms with Crippen LogP contribution in [0.1, 0.15) is 25.0 Å². The Hall–Kier alpha value is -1.94. The first-order valence-corrected chi connectivity index (χ1v) is 7.15. The molecule has 0 radical (unpaired) electrons. The van der Waals surface area contributed by atoms with E-state index in [0.717, 1.165) is 12.1 Å². The Morgan fingerprint density at radius 1 is 1.19 bits per heavy atom. The van der Waals surface area contributed by atoms with Crippen molar-refractivity contribution in [3.05, 3.63) is 53.5 Å². The third-order valence-electron chi connectivity index (χ3n) is 3.04. The molecule has 0 atom stereocenters. The molecule has 0 bridgehead atoms. The van der Waals surface area contributed by atoms with Gasteiger partial charge in [-0.05, 0) is 37.6 Å². The molecule has 0 fully saturated rings. The fraction of sp³-hybridized carbons (Fsp3) is 0.353. The summed E-state index contributed by atoms with van der Waals surface area (Å²) < 4.78 is 19.9. The molecule has 21 heavy (non-hydrogen) atoms. The molecule has 112 valence electrons. The van der Waals surface area contributed by atoms with Gasteiger partial charge in [0.2, 0.25) is 0 Å². The van der Waals surface area contributed by atoms with E-state index in [4.69, 9.17) is 4.74 Å². The molecule has 0 spiro atoms. The normalized spacial score (nSPS) is 10.9. The third-order valence-corrected chi connectivity index (χ3v) is 3.04. The van der Waals surface area contributed by atoms with Gasteiger partial charge >= 0.3 is 0 Å². The third kappa shape index (κ3) is 4.53. The van der Waals surface area contributed by atoms with Gasteiger partial charge in [0.15, 0.2) is 5.82 Å². The van der Waals surface area contributed by atoms with Crippen LogP contribution in [-0.2, 0) is 6.54 Å². The number of benzene rings is 1. The van der Waals surface area contributed by atoms with Crippen LogP contribution in [0.3, 0.4) is 0 Å². The van der Waals surface area contributed by atoms with Gasteiger partial charge in [-0.3, -0.25) is 0 Å². The Morgan fingerprint density at radius 3 is 2.57 bits per heavy atom. The maximum Gasteiger partial charge on any atom is 0.256 e. The van der Waals surface area contributed by atoms with Gasteiger partial charge in [0, 0.05) is 18.3 Å².